The quantitative estimate of drug-likeness (QED) is 0.776. The molecule has 0 amide bonds. The van der Waals surface area contributed by atoms with E-state index in [9.17, 15) is 9.18 Å². The Balaban J connectivity index is 2.83. The molecular weight excluding hydrogens is 209 g/mol. The number of hydrogen-bond acceptors (Lipinski definition) is 3. The van der Waals surface area contributed by atoms with E-state index in [1.807, 2.05) is 0 Å². The first-order chi connectivity index (χ1) is 7.56. The van der Waals surface area contributed by atoms with Gasteiger partial charge in [0.15, 0.2) is 5.78 Å². The molecule has 0 saturated carbocycles. The lowest BCUT2D eigenvalue weighted by molar-refractivity contribution is 0.0934. The van der Waals surface area contributed by atoms with Crippen LogP contribution in [0.2, 0.25) is 0 Å². The maximum atomic E-state index is 13.0. The topological polar surface area (TPSA) is 52.3 Å². The highest BCUT2D eigenvalue weighted by atomic mass is 19.1. The maximum Gasteiger partial charge on any atom is 0.179 e. The van der Waals surface area contributed by atoms with Crippen molar-refractivity contribution < 1.29 is 13.9 Å². The van der Waals surface area contributed by atoms with Crippen LogP contribution in [-0.4, -0.2) is 25.5 Å². The van der Waals surface area contributed by atoms with Crippen LogP contribution in [0.1, 0.15) is 22.3 Å². The summed E-state index contributed by atoms with van der Waals surface area (Å²) < 4.78 is 17.9. The number of carbonyl (C=O) groups excluding carboxylic acids is 1. The largest absolute Gasteiger partial charge is 0.385 e. The normalized spacial score (nSPS) is 12.5. The Labute approximate surface area is 94.4 Å². The van der Waals surface area contributed by atoms with Crippen molar-refractivity contribution in [3.05, 3.63) is 35.1 Å². The minimum Gasteiger partial charge on any atom is -0.385 e. The van der Waals surface area contributed by atoms with Gasteiger partial charge in [-0.05, 0) is 31.0 Å². The van der Waals surface area contributed by atoms with Crippen molar-refractivity contribution in [1.82, 2.24) is 0 Å². The molecule has 1 rings (SSSR count). The SMILES string of the molecule is COCCC(N)C(=O)c1cc(F)ccc1C. The van der Waals surface area contributed by atoms with Gasteiger partial charge in [0.1, 0.15) is 5.82 Å². The van der Waals surface area contributed by atoms with Crippen molar-refractivity contribution in [2.24, 2.45) is 5.73 Å². The molecule has 0 fully saturated rings. The van der Waals surface area contributed by atoms with Gasteiger partial charge in [-0.25, -0.2) is 4.39 Å². The van der Waals surface area contributed by atoms with Gasteiger partial charge in [0.25, 0.3) is 0 Å². The van der Waals surface area contributed by atoms with Gasteiger partial charge in [-0.15, -0.1) is 0 Å². The summed E-state index contributed by atoms with van der Waals surface area (Å²) in [5.41, 5.74) is 6.79. The zero-order valence-electron chi connectivity index (χ0n) is 9.50. The molecule has 1 aromatic carbocycles. The van der Waals surface area contributed by atoms with E-state index in [2.05, 4.69) is 0 Å². The van der Waals surface area contributed by atoms with Gasteiger partial charge in [0, 0.05) is 19.3 Å². The monoisotopic (exact) mass is 225 g/mol. The first-order valence-corrected chi connectivity index (χ1v) is 5.11. The number of ketones is 1. The highest BCUT2D eigenvalue weighted by Gasteiger charge is 2.17. The number of Topliss-reactive ketones (excluding diaryl/α,β-unsaturated/α-hetero) is 1. The zero-order chi connectivity index (χ0) is 12.1. The van der Waals surface area contributed by atoms with Crippen LogP contribution in [0.5, 0.6) is 0 Å². The van der Waals surface area contributed by atoms with Crippen LogP contribution in [0.15, 0.2) is 18.2 Å². The molecule has 1 unspecified atom stereocenters. The molecule has 0 aliphatic rings. The third-order valence-electron chi connectivity index (χ3n) is 2.43. The molecule has 0 radical (unpaired) electrons. The van der Waals surface area contributed by atoms with Gasteiger partial charge in [-0.3, -0.25) is 4.79 Å². The molecular formula is C12H16FNO2. The molecule has 4 heteroatoms. The molecule has 0 aromatic heterocycles. The average Bonchev–Trinajstić information content (AvgIpc) is 2.28. The van der Waals surface area contributed by atoms with E-state index in [1.54, 1.807) is 20.1 Å². The van der Waals surface area contributed by atoms with Gasteiger partial charge in [0.05, 0.1) is 6.04 Å². The molecule has 0 aliphatic carbocycles. The van der Waals surface area contributed by atoms with Crippen LogP contribution < -0.4 is 5.73 Å². The Bertz CT molecular complexity index is 379. The van der Waals surface area contributed by atoms with Crippen molar-refractivity contribution >= 4 is 5.78 Å². The summed E-state index contributed by atoms with van der Waals surface area (Å²) in [6.07, 6.45) is 0.436. The van der Waals surface area contributed by atoms with Crippen LogP contribution in [-0.2, 0) is 4.74 Å². The number of nitrogens with two attached hydrogens (primary N) is 1. The van der Waals surface area contributed by atoms with Crippen molar-refractivity contribution in [3.63, 3.8) is 0 Å². The zero-order valence-corrected chi connectivity index (χ0v) is 9.50. The second-order valence-electron chi connectivity index (χ2n) is 3.71. The van der Waals surface area contributed by atoms with Crippen LogP contribution in [0.25, 0.3) is 0 Å². The Morgan fingerprint density at radius 3 is 2.88 bits per heavy atom. The van der Waals surface area contributed by atoms with E-state index in [0.717, 1.165) is 5.56 Å². The fourth-order valence-electron chi connectivity index (χ4n) is 1.44. The average molecular weight is 225 g/mol. The minimum atomic E-state index is -0.638. The van der Waals surface area contributed by atoms with Crippen molar-refractivity contribution in [2.75, 3.05) is 13.7 Å². The molecule has 3 nitrogen and oxygen atoms in total. The lowest BCUT2D eigenvalue weighted by atomic mass is 9.98. The Hall–Kier alpha value is -1.26. The summed E-state index contributed by atoms with van der Waals surface area (Å²) in [6.45, 7) is 2.18. The van der Waals surface area contributed by atoms with E-state index in [1.165, 1.54) is 12.1 Å². The Morgan fingerprint density at radius 1 is 1.56 bits per heavy atom. The number of aryl methyl sites for hydroxylation is 1. The van der Waals surface area contributed by atoms with Gasteiger partial charge < -0.3 is 10.5 Å². The number of ether oxygens (including phenoxy) is 1. The number of methoxy groups -OCH3 is 1. The van der Waals surface area contributed by atoms with Crippen molar-refractivity contribution in [1.29, 1.82) is 0 Å². The van der Waals surface area contributed by atoms with E-state index in [0.29, 0.717) is 18.6 Å². The number of hydrogen-bond donors (Lipinski definition) is 1. The van der Waals surface area contributed by atoms with E-state index < -0.39 is 11.9 Å². The van der Waals surface area contributed by atoms with Crippen molar-refractivity contribution in [2.45, 2.75) is 19.4 Å². The highest BCUT2D eigenvalue weighted by Crippen LogP contribution is 2.13. The molecule has 0 bridgehead atoms. The minimum absolute atomic E-state index is 0.242. The molecule has 1 atom stereocenters. The van der Waals surface area contributed by atoms with Crippen LogP contribution in [0.3, 0.4) is 0 Å². The number of benzene rings is 1. The molecule has 1 aromatic rings. The van der Waals surface area contributed by atoms with E-state index in [-0.39, 0.29) is 5.78 Å². The lowest BCUT2D eigenvalue weighted by Crippen LogP contribution is -2.32. The third-order valence-corrected chi connectivity index (χ3v) is 2.43. The fraction of sp³-hybridized carbons (Fsp3) is 0.417. The van der Waals surface area contributed by atoms with Gasteiger partial charge in [-0.1, -0.05) is 6.07 Å². The third kappa shape index (κ3) is 3.12. The summed E-state index contributed by atoms with van der Waals surface area (Å²) in [4.78, 5) is 11.9. The van der Waals surface area contributed by atoms with Crippen LogP contribution >= 0.6 is 0 Å². The summed E-state index contributed by atoms with van der Waals surface area (Å²) in [6, 6.07) is 3.49. The number of carbonyl (C=O) groups is 1. The molecule has 0 heterocycles. The summed E-state index contributed by atoms with van der Waals surface area (Å²) >= 11 is 0. The fourth-order valence-corrected chi connectivity index (χ4v) is 1.44. The lowest BCUT2D eigenvalue weighted by Gasteiger charge is -2.11. The second kappa shape index (κ2) is 5.72. The smallest absolute Gasteiger partial charge is 0.179 e. The van der Waals surface area contributed by atoms with E-state index in [4.69, 9.17) is 10.5 Å². The Morgan fingerprint density at radius 2 is 2.25 bits per heavy atom. The summed E-state index contributed by atoms with van der Waals surface area (Å²) in [5.74, 6) is -0.665. The molecule has 0 saturated heterocycles. The van der Waals surface area contributed by atoms with Gasteiger partial charge in [-0.2, -0.15) is 0 Å². The summed E-state index contributed by atoms with van der Waals surface area (Å²) in [7, 11) is 1.55. The Kier molecular flexibility index (Phi) is 4.58. The maximum absolute atomic E-state index is 13.0. The predicted molar refractivity (Wildman–Crippen MR) is 59.9 cm³/mol. The second-order valence-corrected chi connectivity index (χ2v) is 3.71. The predicted octanol–water partition coefficient (Wildman–Crippen LogP) is 1.68. The van der Waals surface area contributed by atoms with Gasteiger partial charge in [0.2, 0.25) is 0 Å². The van der Waals surface area contributed by atoms with E-state index >= 15 is 0 Å². The number of halogens is 1. The van der Waals surface area contributed by atoms with Crippen LogP contribution in [0, 0.1) is 12.7 Å². The molecule has 2 N–H and O–H groups in total. The summed E-state index contributed by atoms with van der Waals surface area (Å²) in [5, 5.41) is 0. The highest BCUT2D eigenvalue weighted by molar-refractivity contribution is 6.01. The molecule has 0 aliphatic heterocycles. The van der Waals surface area contributed by atoms with Crippen LogP contribution in [0.4, 0.5) is 4.39 Å². The first-order valence-electron chi connectivity index (χ1n) is 5.11. The number of rotatable bonds is 5. The molecule has 0 spiro atoms. The molecule has 16 heavy (non-hydrogen) atoms. The van der Waals surface area contributed by atoms with Crippen molar-refractivity contribution in [3.8, 4) is 0 Å². The first kappa shape index (κ1) is 12.8. The molecule has 88 valence electrons. The van der Waals surface area contributed by atoms with Gasteiger partial charge >= 0.3 is 0 Å². The standard InChI is InChI=1S/C12H16FNO2/c1-8-3-4-9(13)7-10(8)12(15)11(14)5-6-16-2/h3-4,7,11H,5-6,14H2,1-2H3.